The molecule has 2 N–H and O–H groups in total. The van der Waals surface area contributed by atoms with E-state index in [1.165, 1.54) is 48.8 Å². The number of imide groups is 1. The Morgan fingerprint density at radius 1 is 0.886 bits per heavy atom. The van der Waals surface area contributed by atoms with E-state index < -0.39 is 0 Å². The zero-order valence-electron chi connectivity index (χ0n) is 19.8. The van der Waals surface area contributed by atoms with Gasteiger partial charge in [-0.1, -0.05) is 31.4 Å². The molecule has 0 spiro atoms. The Labute approximate surface area is 210 Å². The van der Waals surface area contributed by atoms with E-state index in [2.05, 4.69) is 10.6 Å². The van der Waals surface area contributed by atoms with Crippen LogP contribution in [0.5, 0.6) is 0 Å². The van der Waals surface area contributed by atoms with Crippen LogP contribution in [0.1, 0.15) is 61.7 Å². The van der Waals surface area contributed by atoms with Gasteiger partial charge in [-0.15, -0.1) is 11.8 Å². The highest BCUT2D eigenvalue weighted by Gasteiger charge is 2.27. The Morgan fingerprint density at radius 2 is 1.57 bits per heavy atom. The van der Waals surface area contributed by atoms with Gasteiger partial charge in [0.25, 0.3) is 5.91 Å². The summed E-state index contributed by atoms with van der Waals surface area (Å²) in [5, 5.41) is 5.90. The van der Waals surface area contributed by atoms with Crippen LogP contribution in [0, 0.1) is 5.92 Å². The molecule has 184 valence electrons. The maximum absolute atomic E-state index is 13.0. The summed E-state index contributed by atoms with van der Waals surface area (Å²) in [7, 11) is 0. The number of anilines is 2. The molecule has 2 aromatic carbocycles. The van der Waals surface area contributed by atoms with E-state index in [0.717, 1.165) is 11.4 Å². The minimum absolute atomic E-state index is 0.0202. The van der Waals surface area contributed by atoms with Crippen molar-refractivity contribution in [1.29, 1.82) is 0 Å². The Hall–Kier alpha value is -3.13. The normalized spacial score (nSPS) is 16.7. The lowest BCUT2D eigenvalue weighted by Gasteiger charge is -2.25. The maximum Gasteiger partial charge on any atom is 0.256 e. The molecular formula is C27H31N3O4S. The highest BCUT2D eigenvalue weighted by molar-refractivity contribution is 8.00. The number of benzene rings is 2. The number of carbonyl (C=O) groups excluding carboxylic acids is 4. The molecule has 0 unspecified atom stereocenters. The largest absolute Gasteiger partial charge is 0.355 e. The number of hydrogen-bond donors (Lipinski definition) is 2. The van der Waals surface area contributed by atoms with Crippen LogP contribution in [-0.4, -0.2) is 35.9 Å². The van der Waals surface area contributed by atoms with E-state index in [1.807, 2.05) is 12.1 Å². The highest BCUT2D eigenvalue weighted by atomic mass is 32.2. The lowest BCUT2D eigenvalue weighted by Crippen LogP contribution is -2.40. The number of nitrogens with one attached hydrogen (secondary N) is 2. The fraction of sp³-hybridized carbons (Fsp3) is 0.407. The lowest BCUT2D eigenvalue weighted by atomic mass is 9.89. The molecule has 0 radical (unpaired) electrons. The second-order valence-electron chi connectivity index (χ2n) is 9.07. The average Bonchev–Trinajstić information content (AvgIpc) is 2.88. The molecule has 7 nitrogen and oxygen atoms in total. The van der Waals surface area contributed by atoms with Crippen molar-refractivity contribution in [3.05, 3.63) is 54.1 Å². The number of carbonyl (C=O) groups is 4. The van der Waals surface area contributed by atoms with Crippen molar-refractivity contribution >= 4 is 46.8 Å². The number of hydrogen-bond acceptors (Lipinski definition) is 5. The summed E-state index contributed by atoms with van der Waals surface area (Å²) < 4.78 is 0. The van der Waals surface area contributed by atoms with Crippen molar-refractivity contribution in [3.8, 4) is 0 Å². The molecule has 2 aliphatic rings. The molecular weight excluding hydrogens is 462 g/mol. The van der Waals surface area contributed by atoms with Crippen LogP contribution in [0.3, 0.4) is 0 Å². The van der Waals surface area contributed by atoms with Gasteiger partial charge >= 0.3 is 0 Å². The molecule has 0 bridgehead atoms. The van der Waals surface area contributed by atoms with Gasteiger partial charge in [0, 0.05) is 30.0 Å². The van der Waals surface area contributed by atoms with Gasteiger partial charge in [-0.05, 0) is 61.6 Å². The molecule has 1 aliphatic carbocycles. The summed E-state index contributed by atoms with van der Waals surface area (Å²) in [6.45, 7) is 0.728. The second kappa shape index (κ2) is 12.0. The molecule has 1 heterocycles. The summed E-state index contributed by atoms with van der Waals surface area (Å²) in [6.07, 6.45) is 7.45. The topological polar surface area (TPSA) is 95.6 Å². The van der Waals surface area contributed by atoms with Crippen LogP contribution in [0.15, 0.2) is 53.4 Å². The predicted octanol–water partition coefficient (Wildman–Crippen LogP) is 4.77. The lowest BCUT2D eigenvalue weighted by molar-refractivity contribution is -0.129. The maximum atomic E-state index is 13.0. The van der Waals surface area contributed by atoms with Crippen LogP contribution in [0.25, 0.3) is 0 Å². The highest BCUT2D eigenvalue weighted by Crippen LogP contribution is 2.26. The van der Waals surface area contributed by atoms with Crippen molar-refractivity contribution < 1.29 is 19.2 Å². The van der Waals surface area contributed by atoms with Crippen LogP contribution in [-0.2, 0) is 14.4 Å². The molecule has 0 aromatic heterocycles. The zero-order chi connectivity index (χ0) is 24.6. The monoisotopic (exact) mass is 493 g/mol. The fourth-order valence-corrected chi connectivity index (χ4v) is 5.44. The van der Waals surface area contributed by atoms with Crippen molar-refractivity contribution in [3.63, 3.8) is 0 Å². The van der Waals surface area contributed by atoms with E-state index in [1.54, 1.807) is 36.4 Å². The summed E-state index contributed by atoms with van der Waals surface area (Å²) in [6, 6.07) is 13.9. The number of thioether (sulfide) groups is 1. The number of rotatable bonds is 8. The van der Waals surface area contributed by atoms with Gasteiger partial charge in [0.15, 0.2) is 0 Å². The Morgan fingerprint density at radius 3 is 2.29 bits per heavy atom. The van der Waals surface area contributed by atoms with Gasteiger partial charge in [-0.25, -0.2) is 0 Å². The number of nitrogens with zero attached hydrogens (tertiary/aromatic N) is 1. The number of amides is 4. The minimum atomic E-state index is -0.284. The molecule has 0 atom stereocenters. The molecule has 2 fully saturated rings. The van der Waals surface area contributed by atoms with Crippen LogP contribution < -0.4 is 15.5 Å². The number of piperidine rings is 1. The molecule has 1 aliphatic heterocycles. The predicted molar refractivity (Wildman–Crippen MR) is 137 cm³/mol. The SMILES string of the molecule is O=C(CSc1ccccc1C(=O)Nc1ccc(N2C(=O)CCCC2=O)cc1)NCC1CCCCC1. The first-order chi connectivity index (χ1) is 17.0. The molecule has 1 saturated carbocycles. The van der Waals surface area contributed by atoms with Crippen LogP contribution in [0.2, 0.25) is 0 Å². The van der Waals surface area contributed by atoms with Gasteiger partial charge in [0.2, 0.25) is 17.7 Å². The first kappa shape index (κ1) is 25.0. The second-order valence-corrected chi connectivity index (χ2v) is 10.1. The van der Waals surface area contributed by atoms with Crippen molar-refractivity contribution in [2.24, 2.45) is 5.92 Å². The van der Waals surface area contributed by atoms with Gasteiger partial charge in [-0.2, -0.15) is 0 Å². The van der Waals surface area contributed by atoms with Gasteiger partial charge in [0.05, 0.1) is 17.0 Å². The smallest absolute Gasteiger partial charge is 0.256 e. The third-order valence-corrected chi connectivity index (χ3v) is 7.54. The van der Waals surface area contributed by atoms with E-state index in [-0.39, 0.29) is 29.4 Å². The molecule has 1 saturated heterocycles. The van der Waals surface area contributed by atoms with Gasteiger partial charge in [0.1, 0.15) is 0 Å². The van der Waals surface area contributed by atoms with E-state index >= 15 is 0 Å². The fourth-order valence-electron chi connectivity index (χ4n) is 4.56. The first-order valence-electron chi connectivity index (χ1n) is 12.3. The van der Waals surface area contributed by atoms with Crippen molar-refractivity contribution in [1.82, 2.24) is 5.32 Å². The Kier molecular flexibility index (Phi) is 8.58. The van der Waals surface area contributed by atoms with Gasteiger partial charge in [-0.3, -0.25) is 24.1 Å². The first-order valence-corrected chi connectivity index (χ1v) is 13.3. The molecule has 2 aromatic rings. The summed E-state index contributed by atoms with van der Waals surface area (Å²) in [5.74, 6) is 0.123. The standard InChI is InChI=1S/C27H31N3O4S/c31-24(28-17-19-7-2-1-3-8-19)18-35-23-10-5-4-9-22(23)27(34)29-20-13-15-21(16-14-20)30-25(32)11-6-12-26(30)33/h4-5,9-10,13-16,19H,1-3,6-8,11-12,17-18H2,(H,28,31)(H,29,34). The molecule has 8 heteroatoms. The average molecular weight is 494 g/mol. The van der Waals surface area contributed by atoms with E-state index in [4.69, 9.17) is 0 Å². The zero-order valence-corrected chi connectivity index (χ0v) is 20.6. The quantitative estimate of drug-likeness (QED) is 0.408. The molecule has 4 amide bonds. The van der Waals surface area contributed by atoms with Gasteiger partial charge < -0.3 is 10.6 Å². The molecule has 35 heavy (non-hydrogen) atoms. The summed E-state index contributed by atoms with van der Waals surface area (Å²) in [4.78, 5) is 51.5. The van der Waals surface area contributed by atoms with Crippen LogP contribution in [0.4, 0.5) is 11.4 Å². The van der Waals surface area contributed by atoms with E-state index in [9.17, 15) is 19.2 Å². The molecule has 4 rings (SSSR count). The summed E-state index contributed by atoms with van der Waals surface area (Å²) in [5.41, 5.74) is 1.55. The third kappa shape index (κ3) is 6.72. The van der Waals surface area contributed by atoms with Crippen LogP contribution >= 0.6 is 11.8 Å². The summed E-state index contributed by atoms with van der Waals surface area (Å²) >= 11 is 1.35. The Balaban J connectivity index is 1.33. The van der Waals surface area contributed by atoms with Crippen molar-refractivity contribution in [2.45, 2.75) is 56.3 Å². The van der Waals surface area contributed by atoms with Crippen molar-refractivity contribution in [2.75, 3.05) is 22.5 Å². The Bertz CT molecular complexity index is 1060. The van der Waals surface area contributed by atoms with E-state index in [0.29, 0.717) is 42.1 Å². The minimum Gasteiger partial charge on any atom is -0.355 e. The third-order valence-electron chi connectivity index (χ3n) is 6.47.